The van der Waals surface area contributed by atoms with Gasteiger partial charge in [0.05, 0.1) is 11.8 Å². The number of para-hydroxylation sites is 1. The first-order valence-corrected chi connectivity index (χ1v) is 10.8. The van der Waals surface area contributed by atoms with Gasteiger partial charge in [0.1, 0.15) is 6.17 Å². The number of urea groups is 1. The number of rotatable bonds is 5. The van der Waals surface area contributed by atoms with Crippen LogP contribution in [0, 0.1) is 23.7 Å². The molecular formula is C25H25N3O3. The van der Waals surface area contributed by atoms with E-state index >= 15 is 0 Å². The molecule has 158 valence electrons. The van der Waals surface area contributed by atoms with Crippen LogP contribution in [0.1, 0.15) is 18.4 Å². The summed E-state index contributed by atoms with van der Waals surface area (Å²) >= 11 is 0. The Morgan fingerprint density at radius 2 is 1.42 bits per heavy atom. The Labute approximate surface area is 181 Å². The summed E-state index contributed by atoms with van der Waals surface area (Å²) < 4.78 is 0. The summed E-state index contributed by atoms with van der Waals surface area (Å²) in [6.45, 7) is 0. The molecule has 0 aromatic heterocycles. The first kappa shape index (κ1) is 19.5. The van der Waals surface area contributed by atoms with Crippen LogP contribution < -0.4 is 10.6 Å². The number of fused-ring (bicyclic) bond motifs is 1. The predicted octanol–water partition coefficient (Wildman–Crippen LogP) is 3.57. The van der Waals surface area contributed by atoms with Crippen molar-refractivity contribution in [3.8, 4) is 0 Å². The zero-order chi connectivity index (χ0) is 21.4. The van der Waals surface area contributed by atoms with Crippen molar-refractivity contribution in [1.29, 1.82) is 0 Å². The third-order valence-electron chi connectivity index (χ3n) is 6.71. The lowest BCUT2D eigenvalue weighted by Crippen LogP contribution is -2.53. The Morgan fingerprint density at radius 1 is 0.871 bits per heavy atom. The van der Waals surface area contributed by atoms with Crippen LogP contribution in [0.3, 0.4) is 0 Å². The fraction of sp³-hybridized carbons (Fsp3) is 0.320. The maximum absolute atomic E-state index is 13.4. The number of imide groups is 1. The Hall–Kier alpha value is -3.41. The normalized spacial score (nSPS) is 27.2. The second-order valence-electron chi connectivity index (χ2n) is 8.56. The number of carbonyl (C=O) groups is 3. The van der Waals surface area contributed by atoms with E-state index in [1.54, 1.807) is 12.1 Å². The summed E-state index contributed by atoms with van der Waals surface area (Å²) in [4.78, 5) is 40.9. The van der Waals surface area contributed by atoms with Gasteiger partial charge in [0.2, 0.25) is 11.8 Å². The van der Waals surface area contributed by atoms with Crippen LogP contribution in [0.15, 0.2) is 72.8 Å². The van der Waals surface area contributed by atoms with Crippen molar-refractivity contribution >= 4 is 23.5 Å². The van der Waals surface area contributed by atoms with Gasteiger partial charge < -0.3 is 10.6 Å². The zero-order valence-corrected chi connectivity index (χ0v) is 17.1. The maximum atomic E-state index is 13.4. The van der Waals surface area contributed by atoms with Crippen LogP contribution >= 0.6 is 0 Å². The number of hydrogen-bond donors (Lipinski definition) is 2. The number of amides is 4. The van der Waals surface area contributed by atoms with E-state index in [0.717, 1.165) is 18.4 Å². The smallest absolute Gasteiger partial charge is 0.317 e. The highest BCUT2D eigenvalue weighted by atomic mass is 16.2. The molecule has 0 spiro atoms. The van der Waals surface area contributed by atoms with Gasteiger partial charge in [-0.05, 0) is 42.4 Å². The molecule has 2 aromatic carbocycles. The quantitative estimate of drug-likeness (QED) is 0.579. The van der Waals surface area contributed by atoms with Gasteiger partial charge in [-0.2, -0.15) is 0 Å². The molecule has 2 aromatic rings. The summed E-state index contributed by atoms with van der Waals surface area (Å²) in [5, 5.41) is 5.68. The van der Waals surface area contributed by atoms with Crippen LogP contribution in [0.5, 0.6) is 0 Å². The Balaban J connectivity index is 1.41. The highest BCUT2D eigenvalue weighted by molar-refractivity contribution is 6.06. The van der Waals surface area contributed by atoms with Crippen LogP contribution in [0.4, 0.5) is 10.5 Å². The van der Waals surface area contributed by atoms with Gasteiger partial charge in [-0.15, -0.1) is 0 Å². The van der Waals surface area contributed by atoms with Crippen molar-refractivity contribution in [2.24, 2.45) is 23.7 Å². The molecule has 6 nitrogen and oxygen atoms in total. The molecule has 1 saturated carbocycles. The van der Waals surface area contributed by atoms with E-state index in [1.165, 1.54) is 4.90 Å². The second-order valence-corrected chi connectivity index (χ2v) is 8.56. The molecule has 4 amide bonds. The van der Waals surface area contributed by atoms with Gasteiger partial charge in [-0.3, -0.25) is 14.5 Å². The van der Waals surface area contributed by atoms with Crippen molar-refractivity contribution in [2.75, 3.05) is 5.32 Å². The molecule has 5 atom stereocenters. The SMILES string of the molecule is O=C(Nc1ccccc1)NC(Cc1ccccc1)N1C(=O)C2C3C=CC(CC3)C2C1=O. The Morgan fingerprint density at radius 3 is 1.97 bits per heavy atom. The first-order valence-electron chi connectivity index (χ1n) is 10.8. The van der Waals surface area contributed by atoms with Crippen LogP contribution in [0.2, 0.25) is 0 Å². The number of allylic oxidation sites excluding steroid dienone is 2. The molecule has 2 N–H and O–H groups in total. The minimum absolute atomic E-state index is 0.118. The van der Waals surface area contributed by atoms with Crippen molar-refractivity contribution in [1.82, 2.24) is 10.2 Å². The fourth-order valence-corrected chi connectivity index (χ4v) is 5.29. The third kappa shape index (κ3) is 3.63. The van der Waals surface area contributed by atoms with Gasteiger partial charge in [0.25, 0.3) is 0 Å². The molecule has 5 unspecified atom stereocenters. The topological polar surface area (TPSA) is 78.5 Å². The van der Waals surface area contributed by atoms with E-state index in [0.29, 0.717) is 12.1 Å². The average Bonchev–Trinajstić information content (AvgIpc) is 3.08. The number of hydrogen-bond acceptors (Lipinski definition) is 3. The Bertz CT molecular complexity index is 989. The molecule has 1 heterocycles. The van der Waals surface area contributed by atoms with Crippen molar-refractivity contribution in [3.63, 3.8) is 0 Å². The predicted molar refractivity (Wildman–Crippen MR) is 117 cm³/mol. The summed E-state index contributed by atoms with van der Waals surface area (Å²) in [6, 6.07) is 18.3. The van der Waals surface area contributed by atoms with Crippen LogP contribution in [-0.4, -0.2) is 28.9 Å². The lowest BCUT2D eigenvalue weighted by molar-refractivity contribution is -0.143. The lowest BCUT2D eigenvalue weighted by atomic mass is 9.63. The molecular weight excluding hydrogens is 390 g/mol. The number of benzene rings is 2. The van der Waals surface area contributed by atoms with Crippen molar-refractivity contribution in [2.45, 2.75) is 25.4 Å². The summed E-state index contributed by atoms with van der Waals surface area (Å²) in [5.41, 5.74) is 1.59. The number of nitrogens with one attached hydrogen (secondary N) is 2. The minimum atomic E-state index is -0.740. The molecule has 6 heteroatoms. The van der Waals surface area contributed by atoms with E-state index in [2.05, 4.69) is 22.8 Å². The van der Waals surface area contributed by atoms with Crippen molar-refractivity contribution < 1.29 is 14.4 Å². The minimum Gasteiger partial charge on any atom is -0.317 e. The van der Waals surface area contributed by atoms with Crippen LogP contribution in [0.25, 0.3) is 0 Å². The molecule has 0 radical (unpaired) electrons. The van der Waals surface area contributed by atoms with Gasteiger partial charge in [-0.25, -0.2) is 4.79 Å². The van der Waals surface area contributed by atoms with Gasteiger partial charge >= 0.3 is 6.03 Å². The summed E-state index contributed by atoms with van der Waals surface area (Å²) in [5.74, 6) is -0.675. The molecule has 31 heavy (non-hydrogen) atoms. The summed E-state index contributed by atoms with van der Waals surface area (Å²) in [7, 11) is 0. The van der Waals surface area contributed by atoms with E-state index in [4.69, 9.17) is 0 Å². The largest absolute Gasteiger partial charge is 0.320 e. The van der Waals surface area contributed by atoms with Gasteiger partial charge in [-0.1, -0.05) is 60.7 Å². The molecule has 4 aliphatic rings. The first-order chi connectivity index (χ1) is 15.1. The van der Waals surface area contributed by atoms with E-state index in [1.807, 2.05) is 48.5 Å². The van der Waals surface area contributed by atoms with Crippen LogP contribution in [-0.2, 0) is 16.0 Å². The van der Waals surface area contributed by atoms with E-state index in [9.17, 15) is 14.4 Å². The zero-order valence-electron chi connectivity index (χ0n) is 17.1. The highest BCUT2D eigenvalue weighted by Crippen LogP contribution is 2.49. The molecule has 1 saturated heterocycles. The monoisotopic (exact) mass is 415 g/mol. The number of nitrogens with zero attached hydrogens (tertiary/aromatic N) is 1. The maximum Gasteiger partial charge on any atom is 0.320 e. The van der Waals surface area contributed by atoms with E-state index in [-0.39, 0.29) is 35.5 Å². The average molecular weight is 415 g/mol. The number of likely N-dealkylation sites (tertiary alicyclic amines) is 1. The van der Waals surface area contributed by atoms with Crippen molar-refractivity contribution in [3.05, 3.63) is 78.4 Å². The molecule has 3 aliphatic carbocycles. The van der Waals surface area contributed by atoms with Gasteiger partial charge in [0, 0.05) is 12.1 Å². The lowest BCUT2D eigenvalue weighted by Gasteiger charge is -2.38. The molecule has 1 aliphatic heterocycles. The molecule has 2 bridgehead atoms. The second kappa shape index (κ2) is 8.02. The molecule has 2 fully saturated rings. The van der Waals surface area contributed by atoms with Gasteiger partial charge in [0.15, 0.2) is 0 Å². The number of anilines is 1. The fourth-order valence-electron chi connectivity index (χ4n) is 5.29. The molecule has 6 rings (SSSR count). The highest BCUT2D eigenvalue weighted by Gasteiger charge is 2.58. The summed E-state index contributed by atoms with van der Waals surface area (Å²) in [6.07, 6.45) is 5.72. The van der Waals surface area contributed by atoms with E-state index < -0.39 is 12.2 Å². The number of carbonyl (C=O) groups excluding carboxylic acids is 3. The third-order valence-corrected chi connectivity index (χ3v) is 6.71. The standard InChI is InChI=1S/C25H25N3O3/c29-23-21-17-11-12-18(14-13-17)22(21)24(30)28(23)20(15-16-7-3-1-4-8-16)27-25(31)26-19-9-5-2-6-10-19/h1-12,17-18,20-22H,13-15H2,(H2,26,27,31). The Kier molecular flexibility index (Phi) is 5.06.